The van der Waals surface area contributed by atoms with Crippen molar-refractivity contribution >= 4 is 11.9 Å². The quantitative estimate of drug-likeness (QED) is 0.582. The van der Waals surface area contributed by atoms with Crippen LogP contribution in [0.4, 0.5) is 4.79 Å². The van der Waals surface area contributed by atoms with Gasteiger partial charge in [0.1, 0.15) is 0 Å². The van der Waals surface area contributed by atoms with Gasteiger partial charge in [-0.2, -0.15) is 0 Å². The number of nitrogens with one attached hydrogen (secondary N) is 3. The van der Waals surface area contributed by atoms with Crippen LogP contribution >= 0.6 is 0 Å². The summed E-state index contributed by atoms with van der Waals surface area (Å²) in [6.45, 7) is 1.09. The van der Waals surface area contributed by atoms with Crippen LogP contribution in [-0.4, -0.2) is 50.1 Å². The zero-order valence-electron chi connectivity index (χ0n) is 16.7. The lowest BCUT2D eigenvalue weighted by atomic mass is 9.96. The first-order chi connectivity index (χ1) is 13.1. The molecule has 0 bridgehead atoms. The van der Waals surface area contributed by atoms with E-state index in [1.165, 1.54) is 24.8 Å². The predicted octanol–water partition coefficient (Wildman–Crippen LogP) is 2.82. The Morgan fingerprint density at radius 1 is 1.07 bits per heavy atom. The van der Waals surface area contributed by atoms with Gasteiger partial charge in [0, 0.05) is 25.6 Å². The minimum atomic E-state index is -0.112. The number of urea groups is 1. The number of likely N-dealkylation sites (N-methyl/N-ethyl adjacent to an activating group) is 1. The molecule has 2 rings (SSSR count). The van der Waals surface area contributed by atoms with Crippen molar-refractivity contribution in [1.82, 2.24) is 20.9 Å². The van der Waals surface area contributed by atoms with Crippen molar-refractivity contribution < 1.29 is 9.59 Å². The van der Waals surface area contributed by atoms with Crippen molar-refractivity contribution in [2.45, 2.75) is 57.0 Å². The Morgan fingerprint density at radius 2 is 1.78 bits per heavy atom. The summed E-state index contributed by atoms with van der Waals surface area (Å²) in [5, 5.41) is 8.89. The zero-order chi connectivity index (χ0) is 19.5. The predicted molar refractivity (Wildman–Crippen MR) is 109 cm³/mol. The van der Waals surface area contributed by atoms with Gasteiger partial charge in [0.25, 0.3) is 0 Å². The molecular weight excluding hydrogens is 340 g/mol. The lowest BCUT2D eigenvalue weighted by Gasteiger charge is -2.25. The normalized spacial score (nSPS) is 16.0. The molecule has 1 aromatic carbocycles. The summed E-state index contributed by atoms with van der Waals surface area (Å²) >= 11 is 0. The molecule has 27 heavy (non-hydrogen) atoms. The van der Waals surface area contributed by atoms with Gasteiger partial charge in [0.15, 0.2) is 0 Å². The maximum Gasteiger partial charge on any atom is 0.315 e. The molecule has 1 unspecified atom stereocenters. The topological polar surface area (TPSA) is 73.5 Å². The van der Waals surface area contributed by atoms with E-state index in [4.69, 9.17) is 0 Å². The smallest absolute Gasteiger partial charge is 0.315 e. The molecule has 150 valence electrons. The van der Waals surface area contributed by atoms with Crippen LogP contribution in [0.5, 0.6) is 0 Å². The van der Waals surface area contributed by atoms with E-state index >= 15 is 0 Å². The summed E-state index contributed by atoms with van der Waals surface area (Å²) in [6, 6.07) is 10.5. The fraction of sp³-hybridized carbons (Fsp3) is 0.619. The molecule has 0 spiro atoms. The Hall–Kier alpha value is -2.08. The Labute approximate surface area is 163 Å². The third-order valence-electron chi connectivity index (χ3n) is 5.11. The number of hydrogen-bond donors (Lipinski definition) is 3. The number of rotatable bonds is 9. The molecule has 1 atom stereocenters. The maximum atomic E-state index is 12.1. The van der Waals surface area contributed by atoms with E-state index < -0.39 is 0 Å². The van der Waals surface area contributed by atoms with Gasteiger partial charge < -0.3 is 20.9 Å². The summed E-state index contributed by atoms with van der Waals surface area (Å²) in [5.41, 5.74) is 1.18. The van der Waals surface area contributed by atoms with Crippen molar-refractivity contribution in [3.63, 3.8) is 0 Å². The molecule has 3 amide bonds. The minimum Gasteiger partial charge on any atom is -0.354 e. The maximum absolute atomic E-state index is 12.1. The van der Waals surface area contributed by atoms with Crippen LogP contribution in [-0.2, 0) is 4.79 Å². The summed E-state index contributed by atoms with van der Waals surface area (Å²) in [5.74, 6) is 0.0206. The Bertz CT molecular complexity index is 571. The number of hydrogen-bond acceptors (Lipinski definition) is 3. The molecule has 1 aromatic rings. The first-order valence-corrected chi connectivity index (χ1v) is 10.1. The highest BCUT2D eigenvalue weighted by atomic mass is 16.2. The average Bonchev–Trinajstić information content (AvgIpc) is 2.67. The molecule has 0 aliphatic heterocycles. The molecule has 0 aromatic heterocycles. The zero-order valence-corrected chi connectivity index (χ0v) is 16.7. The SMILES string of the molecule is CN(C)C(CNC(=O)CCCNC(=O)NC1CCCCC1)c1ccccc1. The van der Waals surface area contributed by atoms with E-state index in [1.807, 2.05) is 32.3 Å². The molecule has 1 aliphatic carbocycles. The van der Waals surface area contributed by atoms with E-state index in [1.54, 1.807) is 0 Å². The van der Waals surface area contributed by atoms with Gasteiger partial charge >= 0.3 is 6.03 Å². The highest BCUT2D eigenvalue weighted by Gasteiger charge is 2.16. The van der Waals surface area contributed by atoms with E-state index in [0.29, 0.717) is 32.0 Å². The third kappa shape index (κ3) is 7.99. The molecule has 6 heteroatoms. The van der Waals surface area contributed by atoms with Crippen LogP contribution < -0.4 is 16.0 Å². The number of nitrogens with zero attached hydrogens (tertiary/aromatic N) is 1. The third-order valence-corrected chi connectivity index (χ3v) is 5.11. The van der Waals surface area contributed by atoms with Crippen molar-refractivity contribution in [2.75, 3.05) is 27.2 Å². The molecule has 0 heterocycles. The number of carbonyl (C=O) groups excluding carboxylic acids is 2. The van der Waals surface area contributed by atoms with E-state index in [-0.39, 0.29) is 18.0 Å². The standard InChI is InChI=1S/C21H34N4O2/c1-25(2)19(17-10-5-3-6-11-17)16-23-20(26)14-9-15-22-21(27)24-18-12-7-4-8-13-18/h3,5-6,10-11,18-19H,4,7-9,12-16H2,1-2H3,(H,23,26)(H2,22,24,27). The molecule has 3 N–H and O–H groups in total. The Morgan fingerprint density at radius 3 is 2.44 bits per heavy atom. The van der Waals surface area contributed by atoms with Gasteiger partial charge in [-0.05, 0) is 38.9 Å². The van der Waals surface area contributed by atoms with Crippen LogP contribution in [0.25, 0.3) is 0 Å². The largest absolute Gasteiger partial charge is 0.354 e. The van der Waals surface area contributed by atoms with E-state index in [9.17, 15) is 9.59 Å². The lowest BCUT2D eigenvalue weighted by Crippen LogP contribution is -2.43. The molecule has 1 fully saturated rings. The van der Waals surface area contributed by atoms with Gasteiger partial charge in [-0.25, -0.2) is 4.79 Å². The van der Waals surface area contributed by atoms with Crippen LogP contribution in [0, 0.1) is 0 Å². The van der Waals surface area contributed by atoms with Crippen LogP contribution in [0.15, 0.2) is 30.3 Å². The van der Waals surface area contributed by atoms with Crippen molar-refractivity contribution in [2.24, 2.45) is 0 Å². The van der Waals surface area contributed by atoms with Crippen LogP contribution in [0.2, 0.25) is 0 Å². The monoisotopic (exact) mass is 374 g/mol. The minimum absolute atomic E-state index is 0.0206. The number of benzene rings is 1. The average molecular weight is 375 g/mol. The first-order valence-electron chi connectivity index (χ1n) is 10.1. The van der Waals surface area contributed by atoms with E-state index in [0.717, 1.165) is 12.8 Å². The van der Waals surface area contributed by atoms with Crippen LogP contribution in [0.1, 0.15) is 56.6 Å². The first kappa shape index (κ1) is 21.2. The fourth-order valence-corrected chi connectivity index (χ4v) is 3.51. The molecule has 0 saturated heterocycles. The van der Waals surface area contributed by atoms with Crippen LogP contribution in [0.3, 0.4) is 0 Å². The second-order valence-corrected chi connectivity index (χ2v) is 7.53. The van der Waals surface area contributed by atoms with E-state index in [2.05, 4.69) is 33.0 Å². The second kappa shape index (κ2) is 11.6. The summed E-state index contributed by atoms with van der Waals surface area (Å²) in [7, 11) is 4.03. The van der Waals surface area contributed by atoms with Gasteiger partial charge in [-0.3, -0.25) is 4.79 Å². The summed E-state index contributed by atoms with van der Waals surface area (Å²) in [6.07, 6.45) is 6.87. The Kier molecular flexibility index (Phi) is 9.11. The van der Waals surface area contributed by atoms with Crippen molar-refractivity contribution in [3.8, 4) is 0 Å². The van der Waals surface area contributed by atoms with Crippen molar-refractivity contribution in [3.05, 3.63) is 35.9 Å². The number of carbonyl (C=O) groups is 2. The Balaban J connectivity index is 1.60. The van der Waals surface area contributed by atoms with Gasteiger partial charge in [-0.1, -0.05) is 49.6 Å². The highest BCUT2D eigenvalue weighted by molar-refractivity contribution is 5.76. The lowest BCUT2D eigenvalue weighted by molar-refractivity contribution is -0.121. The second-order valence-electron chi connectivity index (χ2n) is 7.53. The molecule has 6 nitrogen and oxygen atoms in total. The summed E-state index contributed by atoms with van der Waals surface area (Å²) in [4.78, 5) is 26.1. The fourth-order valence-electron chi connectivity index (χ4n) is 3.51. The van der Waals surface area contributed by atoms with Gasteiger partial charge in [0.2, 0.25) is 5.91 Å². The molecule has 1 saturated carbocycles. The molecule has 0 radical (unpaired) electrons. The summed E-state index contributed by atoms with van der Waals surface area (Å²) < 4.78 is 0. The molecule has 1 aliphatic rings. The number of amides is 3. The van der Waals surface area contributed by atoms with Gasteiger partial charge in [0.05, 0.1) is 6.04 Å². The van der Waals surface area contributed by atoms with Gasteiger partial charge in [-0.15, -0.1) is 0 Å². The highest BCUT2D eigenvalue weighted by Crippen LogP contribution is 2.17. The van der Waals surface area contributed by atoms with Crippen molar-refractivity contribution in [1.29, 1.82) is 0 Å². The molecular formula is C21H34N4O2.